The summed E-state index contributed by atoms with van der Waals surface area (Å²) in [7, 11) is 1.65. The predicted molar refractivity (Wildman–Crippen MR) is 94.9 cm³/mol. The Hall–Kier alpha value is -2.63. The van der Waals surface area contributed by atoms with Crippen molar-refractivity contribution in [2.45, 2.75) is 45.6 Å². The third kappa shape index (κ3) is 3.73. The minimum absolute atomic E-state index is 0.0278. The highest BCUT2D eigenvalue weighted by atomic mass is 16.5. The molecule has 0 unspecified atom stereocenters. The summed E-state index contributed by atoms with van der Waals surface area (Å²) in [6, 6.07) is 5.94. The molecule has 0 fully saturated rings. The lowest BCUT2D eigenvalue weighted by Gasteiger charge is -2.27. The minimum atomic E-state index is -0.242. The number of nitrogens with zero attached hydrogens (tertiary/aromatic N) is 1. The van der Waals surface area contributed by atoms with Gasteiger partial charge in [-0.25, -0.2) is 4.98 Å². The molecule has 0 saturated carbocycles. The molecule has 3 rings (SSSR count). The van der Waals surface area contributed by atoms with E-state index in [9.17, 15) is 9.59 Å². The molecule has 1 atom stereocenters. The van der Waals surface area contributed by atoms with Crippen LogP contribution in [-0.4, -0.2) is 23.0 Å². The van der Waals surface area contributed by atoms with Crippen LogP contribution in [0.5, 0.6) is 5.75 Å². The van der Waals surface area contributed by atoms with E-state index in [1.54, 1.807) is 21.0 Å². The maximum Gasteiger partial charge on any atom is 0.254 e. The number of amides is 1. The molecule has 132 valence electrons. The van der Waals surface area contributed by atoms with Crippen molar-refractivity contribution in [1.29, 1.82) is 0 Å². The van der Waals surface area contributed by atoms with Gasteiger partial charge in [0.15, 0.2) is 0 Å². The molecule has 6 nitrogen and oxygen atoms in total. The largest absolute Gasteiger partial charge is 0.497 e. The van der Waals surface area contributed by atoms with E-state index in [0.717, 1.165) is 30.6 Å². The Bertz CT molecular complexity index is 857. The Morgan fingerprint density at radius 3 is 2.92 bits per heavy atom. The lowest BCUT2D eigenvalue weighted by atomic mass is 9.87. The van der Waals surface area contributed by atoms with Gasteiger partial charge >= 0.3 is 0 Å². The molecule has 0 saturated heterocycles. The van der Waals surface area contributed by atoms with Gasteiger partial charge in [-0.3, -0.25) is 9.59 Å². The number of carbonyl (C=O) groups is 1. The van der Waals surface area contributed by atoms with Crippen LogP contribution in [0.25, 0.3) is 0 Å². The van der Waals surface area contributed by atoms with Gasteiger partial charge < -0.3 is 15.0 Å². The molecule has 0 spiro atoms. The summed E-state index contributed by atoms with van der Waals surface area (Å²) < 4.78 is 5.28. The lowest BCUT2D eigenvalue weighted by molar-refractivity contribution is -0.121. The smallest absolute Gasteiger partial charge is 0.254 e. The molecule has 1 aromatic carbocycles. The molecule has 2 aromatic rings. The highest BCUT2D eigenvalue weighted by molar-refractivity contribution is 5.79. The van der Waals surface area contributed by atoms with Crippen LogP contribution in [0.1, 0.15) is 47.1 Å². The third-order valence-electron chi connectivity index (χ3n) is 4.68. The van der Waals surface area contributed by atoms with E-state index in [1.165, 1.54) is 5.56 Å². The summed E-state index contributed by atoms with van der Waals surface area (Å²) in [6.07, 6.45) is 2.93. The number of hydrogen-bond donors (Lipinski definition) is 2. The van der Waals surface area contributed by atoms with Crippen LogP contribution >= 0.6 is 0 Å². The van der Waals surface area contributed by atoms with Gasteiger partial charge in [0.1, 0.15) is 11.6 Å². The maximum atomic E-state index is 12.5. The summed E-state index contributed by atoms with van der Waals surface area (Å²) in [5, 5.41) is 3.07. The van der Waals surface area contributed by atoms with E-state index >= 15 is 0 Å². The van der Waals surface area contributed by atoms with E-state index in [4.69, 9.17) is 4.74 Å². The fourth-order valence-electron chi connectivity index (χ4n) is 3.43. The summed E-state index contributed by atoms with van der Waals surface area (Å²) in [5.74, 6) is 1.23. The Labute approximate surface area is 146 Å². The molecule has 25 heavy (non-hydrogen) atoms. The summed E-state index contributed by atoms with van der Waals surface area (Å²) in [6.45, 7) is 3.48. The average Bonchev–Trinajstić information content (AvgIpc) is 2.58. The van der Waals surface area contributed by atoms with Gasteiger partial charge in [-0.2, -0.15) is 0 Å². The average molecular weight is 341 g/mol. The maximum absolute atomic E-state index is 12.5. The zero-order valence-electron chi connectivity index (χ0n) is 14.8. The lowest BCUT2D eigenvalue weighted by Crippen LogP contribution is -2.34. The monoisotopic (exact) mass is 341 g/mol. The fraction of sp³-hybridized carbons (Fsp3) is 0.421. The first-order valence-electron chi connectivity index (χ1n) is 8.50. The number of benzene rings is 1. The molecular weight excluding hydrogens is 318 g/mol. The Morgan fingerprint density at radius 1 is 1.40 bits per heavy atom. The molecule has 1 amide bonds. The third-order valence-corrected chi connectivity index (χ3v) is 4.68. The van der Waals surface area contributed by atoms with Crippen LogP contribution in [0.15, 0.2) is 23.0 Å². The van der Waals surface area contributed by atoms with Crippen molar-refractivity contribution in [3.05, 3.63) is 56.8 Å². The van der Waals surface area contributed by atoms with Crippen LogP contribution in [0.4, 0.5) is 0 Å². The van der Waals surface area contributed by atoms with Crippen molar-refractivity contribution in [3.8, 4) is 5.75 Å². The minimum Gasteiger partial charge on any atom is -0.497 e. The van der Waals surface area contributed by atoms with Gasteiger partial charge in [-0.1, -0.05) is 6.07 Å². The molecular formula is C19H23N3O3. The Morgan fingerprint density at radius 2 is 2.20 bits per heavy atom. The van der Waals surface area contributed by atoms with Gasteiger partial charge in [0, 0.05) is 11.3 Å². The molecule has 2 N–H and O–H groups in total. The van der Waals surface area contributed by atoms with Crippen LogP contribution in [0.2, 0.25) is 0 Å². The second-order valence-corrected chi connectivity index (χ2v) is 6.47. The van der Waals surface area contributed by atoms with Gasteiger partial charge in [-0.05, 0) is 56.4 Å². The highest BCUT2D eigenvalue weighted by Crippen LogP contribution is 2.32. The zero-order valence-corrected chi connectivity index (χ0v) is 14.8. The number of aryl methyl sites for hydroxylation is 3. The van der Waals surface area contributed by atoms with Crippen LogP contribution in [0.3, 0.4) is 0 Å². The van der Waals surface area contributed by atoms with E-state index in [0.29, 0.717) is 17.1 Å². The quantitative estimate of drug-likeness (QED) is 0.892. The topological polar surface area (TPSA) is 84.1 Å². The molecule has 0 radical (unpaired) electrons. The number of carbonyl (C=O) groups excluding carboxylic acids is 1. The molecule has 0 aliphatic heterocycles. The second kappa shape index (κ2) is 7.09. The van der Waals surface area contributed by atoms with Crippen molar-refractivity contribution >= 4 is 5.91 Å². The van der Waals surface area contributed by atoms with Gasteiger partial charge in [0.05, 0.1) is 19.6 Å². The molecule has 1 heterocycles. The zero-order chi connectivity index (χ0) is 18.0. The van der Waals surface area contributed by atoms with Crippen LogP contribution in [-0.2, 0) is 17.6 Å². The number of methoxy groups -OCH3 is 1. The highest BCUT2D eigenvalue weighted by Gasteiger charge is 2.23. The number of aromatic amines is 1. The number of ether oxygens (including phenoxy) is 1. The molecule has 0 bridgehead atoms. The summed E-state index contributed by atoms with van der Waals surface area (Å²) >= 11 is 0. The first-order valence-corrected chi connectivity index (χ1v) is 8.50. The fourth-order valence-corrected chi connectivity index (χ4v) is 3.43. The van der Waals surface area contributed by atoms with E-state index < -0.39 is 0 Å². The van der Waals surface area contributed by atoms with Gasteiger partial charge in [0.25, 0.3) is 5.56 Å². The van der Waals surface area contributed by atoms with Crippen molar-refractivity contribution in [1.82, 2.24) is 15.3 Å². The van der Waals surface area contributed by atoms with Crippen molar-refractivity contribution in [3.63, 3.8) is 0 Å². The predicted octanol–water partition coefficient (Wildman–Crippen LogP) is 2.13. The number of fused-ring (bicyclic) bond motifs is 1. The molecule has 1 aliphatic carbocycles. The molecule has 6 heteroatoms. The molecule has 1 aromatic heterocycles. The van der Waals surface area contributed by atoms with Gasteiger partial charge in [0.2, 0.25) is 5.91 Å². The van der Waals surface area contributed by atoms with Crippen molar-refractivity contribution < 1.29 is 9.53 Å². The summed E-state index contributed by atoms with van der Waals surface area (Å²) in [4.78, 5) is 31.5. The van der Waals surface area contributed by atoms with Crippen molar-refractivity contribution in [2.75, 3.05) is 7.11 Å². The summed E-state index contributed by atoms with van der Waals surface area (Å²) in [5.41, 5.74) is 3.13. The van der Waals surface area contributed by atoms with E-state index in [-0.39, 0.29) is 23.9 Å². The normalized spacial score (nSPS) is 16.2. The van der Waals surface area contributed by atoms with Crippen LogP contribution < -0.4 is 15.6 Å². The number of nitrogens with one attached hydrogen (secondary N) is 2. The Kier molecular flexibility index (Phi) is 4.88. The first-order chi connectivity index (χ1) is 12.0. The number of H-pyrrole nitrogens is 1. The Balaban J connectivity index is 1.76. The van der Waals surface area contributed by atoms with Crippen molar-refractivity contribution in [2.24, 2.45) is 0 Å². The van der Waals surface area contributed by atoms with Crippen LogP contribution in [0, 0.1) is 13.8 Å². The standard InChI is InChI=1S/C19H23N3O3/c1-11-16(19(24)21-12(2)20-11)10-18(23)22-17-6-4-5-13-9-14(25-3)7-8-15(13)17/h7-9,17H,4-6,10H2,1-3H3,(H,22,23)(H,20,21,24)/t17-/m0/s1. The number of rotatable bonds is 4. The van der Waals surface area contributed by atoms with Gasteiger partial charge in [-0.15, -0.1) is 0 Å². The SMILES string of the molecule is COc1ccc2c(c1)CCC[C@@H]2NC(=O)Cc1c(C)nc(C)[nH]c1=O. The number of aromatic nitrogens is 2. The van der Waals surface area contributed by atoms with E-state index in [2.05, 4.69) is 15.3 Å². The van der Waals surface area contributed by atoms with E-state index in [1.807, 2.05) is 18.2 Å². The first kappa shape index (κ1) is 17.2. The second-order valence-electron chi connectivity index (χ2n) is 6.47. The number of hydrogen-bond acceptors (Lipinski definition) is 4. The molecule has 1 aliphatic rings.